The predicted octanol–water partition coefficient (Wildman–Crippen LogP) is 3.01. The van der Waals surface area contributed by atoms with Crippen molar-refractivity contribution >= 4 is 17.5 Å². The van der Waals surface area contributed by atoms with Gasteiger partial charge in [-0.25, -0.2) is 4.52 Å². The lowest BCUT2D eigenvalue weighted by Gasteiger charge is -2.30. The van der Waals surface area contributed by atoms with Crippen LogP contribution >= 0.6 is 0 Å². The van der Waals surface area contributed by atoms with Crippen molar-refractivity contribution in [3.63, 3.8) is 0 Å². The van der Waals surface area contributed by atoms with Crippen LogP contribution in [0.2, 0.25) is 0 Å². The van der Waals surface area contributed by atoms with Crippen LogP contribution in [0.3, 0.4) is 0 Å². The molecule has 1 aliphatic rings. The molecule has 0 spiro atoms. The number of carbonyl (C=O) groups is 1. The molecule has 2 atom stereocenters. The lowest BCUT2D eigenvalue weighted by Crippen LogP contribution is -2.30. The zero-order valence-corrected chi connectivity index (χ0v) is 12.0. The normalized spacial score (nSPS) is 21.9. The minimum atomic E-state index is 0.367. The van der Waals surface area contributed by atoms with Gasteiger partial charge in [-0.2, -0.15) is 10.4 Å². The number of hydrogen-bond acceptors (Lipinski definition) is 4. The second-order valence-electron chi connectivity index (χ2n) is 5.73. The first-order valence-electron chi connectivity index (χ1n) is 7.37. The Hall–Kier alpha value is -2.35. The van der Waals surface area contributed by atoms with E-state index in [1.54, 1.807) is 10.6 Å². The summed E-state index contributed by atoms with van der Waals surface area (Å²) in [6.45, 7) is 2.25. The van der Waals surface area contributed by atoms with Gasteiger partial charge < -0.3 is 5.32 Å². The van der Waals surface area contributed by atoms with Crippen LogP contribution < -0.4 is 5.32 Å². The molecule has 0 amide bonds. The van der Waals surface area contributed by atoms with E-state index < -0.39 is 0 Å². The third kappa shape index (κ3) is 2.38. The molecule has 108 valence electrons. The molecule has 3 rings (SSSR count). The monoisotopic (exact) mass is 282 g/mol. The molecule has 0 saturated heterocycles. The van der Waals surface area contributed by atoms with E-state index in [4.69, 9.17) is 0 Å². The molecule has 2 aromatic rings. The number of carbonyl (C=O) groups excluding carboxylic acids is 1. The molecule has 0 aliphatic heterocycles. The molecule has 1 aliphatic carbocycles. The molecule has 0 aromatic carbocycles. The summed E-state index contributed by atoms with van der Waals surface area (Å²) < 4.78 is 1.59. The third-order valence-electron chi connectivity index (χ3n) is 4.39. The number of nitrogens with one attached hydrogen (secondary N) is 1. The SMILES string of the molecule is CC1CCCCC1Nc1c(C#N)cnn2c(C=O)ccc12. The van der Waals surface area contributed by atoms with Gasteiger partial charge in [-0.1, -0.05) is 19.8 Å². The van der Waals surface area contributed by atoms with Crippen LogP contribution in [0.15, 0.2) is 18.3 Å². The summed E-state index contributed by atoms with van der Waals surface area (Å²) in [4.78, 5) is 11.0. The number of rotatable bonds is 3. The standard InChI is InChI=1S/C16H18N4O/c1-11-4-2-3-5-14(11)19-16-12(8-17)9-18-20-13(10-21)6-7-15(16)20/h6-7,9-11,14,19H,2-5H2,1H3. The Bertz CT molecular complexity index is 713. The van der Waals surface area contributed by atoms with Crippen LogP contribution in [-0.2, 0) is 0 Å². The maximum atomic E-state index is 11.0. The average Bonchev–Trinajstić information content (AvgIpc) is 2.93. The summed E-state index contributed by atoms with van der Waals surface area (Å²) >= 11 is 0. The van der Waals surface area contributed by atoms with E-state index in [1.165, 1.54) is 25.5 Å². The molecule has 0 bridgehead atoms. The Morgan fingerprint density at radius 2 is 2.24 bits per heavy atom. The fourth-order valence-corrected chi connectivity index (χ4v) is 3.12. The van der Waals surface area contributed by atoms with Gasteiger partial charge >= 0.3 is 0 Å². The first-order chi connectivity index (χ1) is 10.2. The molecule has 5 nitrogen and oxygen atoms in total. The Labute approximate surface area is 123 Å². The van der Waals surface area contributed by atoms with Crippen LogP contribution in [0, 0.1) is 17.2 Å². The van der Waals surface area contributed by atoms with Gasteiger partial charge in [0, 0.05) is 6.04 Å². The molecule has 0 radical (unpaired) electrons. The van der Waals surface area contributed by atoms with E-state index in [1.807, 2.05) is 6.07 Å². The van der Waals surface area contributed by atoms with E-state index >= 15 is 0 Å². The van der Waals surface area contributed by atoms with Gasteiger partial charge in [-0.3, -0.25) is 4.79 Å². The first-order valence-corrected chi connectivity index (χ1v) is 7.37. The minimum absolute atomic E-state index is 0.367. The molecule has 5 heteroatoms. The second kappa shape index (κ2) is 5.57. The molecular weight excluding hydrogens is 264 g/mol. The topological polar surface area (TPSA) is 70.2 Å². The zero-order chi connectivity index (χ0) is 14.8. The fraction of sp³-hybridized carbons (Fsp3) is 0.438. The largest absolute Gasteiger partial charge is 0.379 e. The van der Waals surface area contributed by atoms with Crippen molar-refractivity contribution < 1.29 is 4.79 Å². The highest BCUT2D eigenvalue weighted by atomic mass is 16.1. The number of aromatic nitrogens is 2. The van der Waals surface area contributed by atoms with E-state index in [2.05, 4.69) is 23.4 Å². The number of hydrogen-bond donors (Lipinski definition) is 1. The molecular formula is C16H18N4O. The lowest BCUT2D eigenvalue weighted by molar-refractivity contribution is 0.111. The zero-order valence-electron chi connectivity index (χ0n) is 12.0. The number of nitrogens with zero attached hydrogens (tertiary/aromatic N) is 3. The van der Waals surface area contributed by atoms with Crippen LogP contribution in [-0.4, -0.2) is 21.9 Å². The van der Waals surface area contributed by atoms with E-state index in [-0.39, 0.29) is 0 Å². The van der Waals surface area contributed by atoms with Gasteiger partial charge in [0.1, 0.15) is 11.8 Å². The van der Waals surface area contributed by atoms with Gasteiger partial charge in [-0.15, -0.1) is 0 Å². The van der Waals surface area contributed by atoms with Gasteiger partial charge in [0.2, 0.25) is 0 Å². The molecule has 21 heavy (non-hydrogen) atoms. The first kappa shape index (κ1) is 13.6. The average molecular weight is 282 g/mol. The summed E-state index contributed by atoms with van der Waals surface area (Å²) in [5.41, 5.74) is 2.60. The number of fused-ring (bicyclic) bond motifs is 1. The van der Waals surface area contributed by atoms with Crippen LogP contribution in [0.25, 0.3) is 5.52 Å². The Kier molecular flexibility index (Phi) is 3.61. The van der Waals surface area contributed by atoms with E-state index in [0.717, 1.165) is 23.9 Å². The molecule has 1 saturated carbocycles. The second-order valence-corrected chi connectivity index (χ2v) is 5.73. The van der Waals surface area contributed by atoms with Gasteiger partial charge in [0.25, 0.3) is 0 Å². The lowest BCUT2D eigenvalue weighted by atomic mass is 9.85. The number of aldehydes is 1. The smallest absolute Gasteiger partial charge is 0.168 e. The van der Waals surface area contributed by atoms with Gasteiger partial charge in [0.05, 0.1) is 23.0 Å². The molecule has 2 heterocycles. The van der Waals surface area contributed by atoms with E-state index in [0.29, 0.717) is 23.2 Å². The number of anilines is 1. The molecule has 2 unspecified atom stereocenters. The van der Waals surface area contributed by atoms with Crippen LogP contribution in [0.5, 0.6) is 0 Å². The molecule has 1 N–H and O–H groups in total. The van der Waals surface area contributed by atoms with Crippen LogP contribution in [0.1, 0.15) is 48.7 Å². The summed E-state index contributed by atoms with van der Waals surface area (Å²) in [5, 5.41) is 17.0. The summed E-state index contributed by atoms with van der Waals surface area (Å²) in [7, 11) is 0. The van der Waals surface area contributed by atoms with Crippen molar-refractivity contribution in [2.75, 3.05) is 5.32 Å². The van der Waals surface area contributed by atoms with E-state index in [9.17, 15) is 10.1 Å². The highest BCUT2D eigenvalue weighted by molar-refractivity contribution is 5.83. The van der Waals surface area contributed by atoms with Gasteiger partial charge in [0.15, 0.2) is 6.29 Å². The van der Waals surface area contributed by atoms with Crippen molar-refractivity contribution in [3.8, 4) is 6.07 Å². The predicted molar refractivity (Wildman–Crippen MR) is 80.3 cm³/mol. The Balaban J connectivity index is 2.05. The minimum Gasteiger partial charge on any atom is -0.379 e. The van der Waals surface area contributed by atoms with Crippen molar-refractivity contribution in [2.24, 2.45) is 5.92 Å². The quantitative estimate of drug-likeness (QED) is 0.878. The Morgan fingerprint density at radius 1 is 1.43 bits per heavy atom. The maximum absolute atomic E-state index is 11.0. The summed E-state index contributed by atoms with van der Waals surface area (Å²) in [6, 6.07) is 6.13. The van der Waals surface area contributed by atoms with Crippen molar-refractivity contribution in [1.82, 2.24) is 9.61 Å². The van der Waals surface area contributed by atoms with Gasteiger partial charge in [-0.05, 0) is 30.9 Å². The molecule has 2 aromatic heterocycles. The van der Waals surface area contributed by atoms with Crippen molar-refractivity contribution in [2.45, 2.75) is 38.6 Å². The summed E-state index contributed by atoms with van der Waals surface area (Å²) in [6.07, 6.45) is 7.11. The van der Waals surface area contributed by atoms with Crippen LogP contribution in [0.4, 0.5) is 5.69 Å². The highest BCUT2D eigenvalue weighted by Crippen LogP contribution is 2.30. The summed E-state index contributed by atoms with van der Waals surface area (Å²) in [5.74, 6) is 0.582. The maximum Gasteiger partial charge on any atom is 0.168 e. The highest BCUT2D eigenvalue weighted by Gasteiger charge is 2.23. The Morgan fingerprint density at radius 3 is 2.95 bits per heavy atom. The van der Waals surface area contributed by atoms with Crippen molar-refractivity contribution in [3.05, 3.63) is 29.6 Å². The fourth-order valence-electron chi connectivity index (χ4n) is 3.12. The van der Waals surface area contributed by atoms with Crippen molar-refractivity contribution in [1.29, 1.82) is 5.26 Å². The number of nitriles is 1. The third-order valence-corrected chi connectivity index (χ3v) is 4.39. The molecule has 1 fully saturated rings.